The van der Waals surface area contributed by atoms with Crippen LogP contribution in [-0.2, 0) is 6.54 Å². The van der Waals surface area contributed by atoms with Crippen LogP contribution in [0.15, 0.2) is 18.7 Å². The van der Waals surface area contributed by atoms with Crippen molar-refractivity contribution in [3.8, 4) is 0 Å². The fraction of sp³-hybridized carbons (Fsp3) is 0.750. The first-order valence-corrected chi connectivity index (χ1v) is 6.13. The Balaban J connectivity index is 1.69. The Hall–Kier alpha value is -0.870. The van der Waals surface area contributed by atoms with E-state index < -0.39 is 0 Å². The lowest BCUT2D eigenvalue weighted by Crippen LogP contribution is -2.47. The first-order valence-electron chi connectivity index (χ1n) is 6.13. The zero-order valence-electron chi connectivity index (χ0n) is 10.3. The van der Waals surface area contributed by atoms with E-state index in [-0.39, 0.29) is 0 Å². The van der Waals surface area contributed by atoms with Gasteiger partial charge in [-0.2, -0.15) is 0 Å². The van der Waals surface area contributed by atoms with Crippen LogP contribution in [0.1, 0.15) is 13.3 Å². The molecule has 1 N–H and O–H groups in total. The molecule has 0 bridgehead atoms. The number of piperidine rings is 1. The van der Waals surface area contributed by atoms with Crippen LogP contribution in [0.4, 0.5) is 0 Å². The summed E-state index contributed by atoms with van der Waals surface area (Å²) >= 11 is 0. The van der Waals surface area contributed by atoms with E-state index in [4.69, 9.17) is 0 Å². The second kappa shape index (κ2) is 5.46. The highest BCUT2D eigenvalue weighted by molar-refractivity contribution is 4.82. The molecular formula is C12H22N4. The van der Waals surface area contributed by atoms with E-state index in [0.29, 0.717) is 6.04 Å². The number of likely N-dealkylation sites (tertiary alicyclic amines) is 1. The third kappa shape index (κ3) is 3.06. The Morgan fingerprint density at radius 3 is 3.06 bits per heavy atom. The van der Waals surface area contributed by atoms with Crippen molar-refractivity contribution in [3.63, 3.8) is 0 Å². The third-order valence-corrected chi connectivity index (χ3v) is 3.44. The van der Waals surface area contributed by atoms with Gasteiger partial charge in [0, 0.05) is 38.1 Å². The van der Waals surface area contributed by atoms with Crippen molar-refractivity contribution < 1.29 is 0 Å². The van der Waals surface area contributed by atoms with Crippen LogP contribution in [0, 0.1) is 5.92 Å². The number of hydrogen-bond acceptors (Lipinski definition) is 3. The molecule has 2 rings (SSSR count). The Morgan fingerprint density at radius 1 is 1.50 bits per heavy atom. The molecule has 0 saturated carbocycles. The van der Waals surface area contributed by atoms with Crippen molar-refractivity contribution in [2.24, 2.45) is 5.92 Å². The molecule has 0 amide bonds. The molecule has 1 aliphatic rings. The highest BCUT2D eigenvalue weighted by atomic mass is 15.1. The van der Waals surface area contributed by atoms with Crippen LogP contribution >= 0.6 is 0 Å². The average molecular weight is 222 g/mol. The molecule has 90 valence electrons. The first kappa shape index (κ1) is 11.6. The lowest BCUT2D eigenvalue weighted by molar-refractivity contribution is 0.174. The van der Waals surface area contributed by atoms with E-state index in [1.165, 1.54) is 19.5 Å². The minimum absolute atomic E-state index is 0.680. The highest BCUT2D eigenvalue weighted by Crippen LogP contribution is 2.14. The van der Waals surface area contributed by atoms with E-state index in [2.05, 4.69) is 33.7 Å². The molecule has 1 aromatic rings. The molecule has 1 fully saturated rings. The molecular weight excluding hydrogens is 200 g/mol. The van der Waals surface area contributed by atoms with Crippen LogP contribution < -0.4 is 5.32 Å². The second-order valence-corrected chi connectivity index (χ2v) is 4.89. The van der Waals surface area contributed by atoms with Gasteiger partial charge in [-0.25, -0.2) is 4.98 Å². The Labute approximate surface area is 97.7 Å². The molecule has 1 aliphatic heterocycles. The van der Waals surface area contributed by atoms with Gasteiger partial charge in [0.15, 0.2) is 0 Å². The van der Waals surface area contributed by atoms with E-state index in [0.717, 1.165) is 19.0 Å². The number of imidazole rings is 1. The van der Waals surface area contributed by atoms with Crippen LogP contribution in [0.5, 0.6) is 0 Å². The van der Waals surface area contributed by atoms with Crippen molar-refractivity contribution in [3.05, 3.63) is 18.7 Å². The first-order chi connectivity index (χ1) is 7.75. The van der Waals surface area contributed by atoms with Gasteiger partial charge in [0.05, 0.1) is 6.33 Å². The van der Waals surface area contributed by atoms with Gasteiger partial charge < -0.3 is 14.8 Å². The Kier molecular flexibility index (Phi) is 3.96. The number of nitrogens with one attached hydrogen (secondary N) is 1. The number of rotatable bonds is 4. The summed E-state index contributed by atoms with van der Waals surface area (Å²) in [4.78, 5) is 6.46. The highest BCUT2D eigenvalue weighted by Gasteiger charge is 2.23. The third-order valence-electron chi connectivity index (χ3n) is 3.44. The summed E-state index contributed by atoms with van der Waals surface area (Å²) in [6, 6.07) is 0.680. The van der Waals surface area contributed by atoms with Crippen LogP contribution in [0.3, 0.4) is 0 Å². The summed E-state index contributed by atoms with van der Waals surface area (Å²) in [6.07, 6.45) is 6.99. The van der Waals surface area contributed by atoms with Gasteiger partial charge >= 0.3 is 0 Å². The van der Waals surface area contributed by atoms with Crippen LogP contribution in [0.25, 0.3) is 0 Å². The quantitative estimate of drug-likeness (QED) is 0.818. The van der Waals surface area contributed by atoms with E-state index in [9.17, 15) is 0 Å². The standard InChI is InChI=1S/C12H22N4/c1-11-9-15(2)6-3-12(11)14-5-8-16-7-4-13-10-16/h4,7,10-12,14H,3,5-6,8-9H2,1-2H3. The molecule has 1 saturated heterocycles. The van der Waals surface area contributed by atoms with Crippen molar-refractivity contribution in [1.82, 2.24) is 19.8 Å². The SMILES string of the molecule is CC1CN(C)CCC1NCCn1ccnc1. The molecule has 2 heterocycles. The number of hydrogen-bond donors (Lipinski definition) is 1. The largest absolute Gasteiger partial charge is 0.336 e. The molecule has 0 spiro atoms. The molecule has 4 nitrogen and oxygen atoms in total. The summed E-state index contributed by atoms with van der Waals surface area (Å²) in [5, 5.41) is 3.65. The maximum absolute atomic E-state index is 4.04. The molecule has 0 aliphatic carbocycles. The summed E-state index contributed by atoms with van der Waals surface area (Å²) in [7, 11) is 2.21. The Morgan fingerprint density at radius 2 is 2.38 bits per heavy atom. The molecule has 2 unspecified atom stereocenters. The zero-order chi connectivity index (χ0) is 11.4. The van der Waals surface area contributed by atoms with Crippen molar-refractivity contribution in [2.75, 3.05) is 26.7 Å². The van der Waals surface area contributed by atoms with Gasteiger partial charge in [-0.15, -0.1) is 0 Å². The maximum atomic E-state index is 4.04. The molecule has 0 aromatic carbocycles. The lowest BCUT2D eigenvalue weighted by Gasteiger charge is -2.35. The molecule has 1 aromatic heterocycles. The monoisotopic (exact) mass is 222 g/mol. The summed E-state index contributed by atoms with van der Waals surface area (Å²) in [6.45, 7) is 6.81. The fourth-order valence-electron chi connectivity index (χ4n) is 2.46. The fourth-order valence-corrected chi connectivity index (χ4v) is 2.46. The van der Waals surface area contributed by atoms with Gasteiger partial charge in [-0.1, -0.05) is 6.92 Å². The summed E-state index contributed by atoms with van der Waals surface area (Å²) < 4.78 is 2.12. The van der Waals surface area contributed by atoms with Crippen molar-refractivity contribution >= 4 is 0 Å². The smallest absolute Gasteiger partial charge is 0.0946 e. The normalized spacial score (nSPS) is 27.1. The predicted molar refractivity (Wildman–Crippen MR) is 65.3 cm³/mol. The van der Waals surface area contributed by atoms with Crippen molar-refractivity contribution in [2.45, 2.75) is 25.9 Å². The van der Waals surface area contributed by atoms with E-state index >= 15 is 0 Å². The topological polar surface area (TPSA) is 33.1 Å². The summed E-state index contributed by atoms with van der Waals surface area (Å²) in [5.74, 6) is 0.751. The van der Waals surface area contributed by atoms with Crippen molar-refractivity contribution in [1.29, 1.82) is 0 Å². The van der Waals surface area contributed by atoms with Gasteiger partial charge in [-0.05, 0) is 25.9 Å². The molecule has 4 heteroatoms. The predicted octanol–water partition coefficient (Wildman–Crippen LogP) is 0.813. The minimum atomic E-state index is 0.680. The summed E-state index contributed by atoms with van der Waals surface area (Å²) in [5.41, 5.74) is 0. The number of aromatic nitrogens is 2. The minimum Gasteiger partial charge on any atom is -0.336 e. The van der Waals surface area contributed by atoms with Crippen LogP contribution in [0.2, 0.25) is 0 Å². The Bertz CT molecular complexity index is 296. The van der Waals surface area contributed by atoms with Crippen LogP contribution in [-0.4, -0.2) is 47.2 Å². The van der Waals surface area contributed by atoms with E-state index in [1.807, 2.05) is 18.7 Å². The maximum Gasteiger partial charge on any atom is 0.0946 e. The van der Waals surface area contributed by atoms with Gasteiger partial charge in [0.25, 0.3) is 0 Å². The average Bonchev–Trinajstić information content (AvgIpc) is 2.74. The molecule has 16 heavy (non-hydrogen) atoms. The van der Waals surface area contributed by atoms with Gasteiger partial charge in [0.2, 0.25) is 0 Å². The second-order valence-electron chi connectivity index (χ2n) is 4.89. The van der Waals surface area contributed by atoms with Gasteiger partial charge in [-0.3, -0.25) is 0 Å². The number of nitrogens with zero attached hydrogens (tertiary/aromatic N) is 3. The van der Waals surface area contributed by atoms with E-state index in [1.54, 1.807) is 0 Å². The molecule has 2 atom stereocenters. The van der Waals surface area contributed by atoms with Gasteiger partial charge in [0.1, 0.15) is 0 Å². The zero-order valence-corrected chi connectivity index (χ0v) is 10.3. The molecule has 0 radical (unpaired) electrons. The lowest BCUT2D eigenvalue weighted by atomic mass is 9.94.